The molecule has 3 rings (SSSR count). The van der Waals surface area contributed by atoms with Gasteiger partial charge in [-0.05, 0) is 30.5 Å². The Bertz CT molecular complexity index is 635. The fourth-order valence-corrected chi connectivity index (χ4v) is 2.78. The van der Waals surface area contributed by atoms with Gasteiger partial charge >= 0.3 is 0 Å². The van der Waals surface area contributed by atoms with Gasteiger partial charge in [0.25, 0.3) is 0 Å². The number of benzene rings is 1. The number of hydrogen-bond donors (Lipinski definition) is 2. The summed E-state index contributed by atoms with van der Waals surface area (Å²) in [6.07, 6.45) is 5.93. The summed E-state index contributed by atoms with van der Waals surface area (Å²) in [4.78, 5) is 0. The van der Waals surface area contributed by atoms with Gasteiger partial charge in [-0.3, -0.25) is 4.68 Å². The van der Waals surface area contributed by atoms with Crippen molar-refractivity contribution in [3.8, 4) is 16.9 Å². The lowest BCUT2D eigenvalue weighted by Crippen LogP contribution is -2.37. The predicted octanol–water partition coefficient (Wildman–Crippen LogP) is 1.82. The fourth-order valence-electron chi connectivity index (χ4n) is 2.78. The van der Waals surface area contributed by atoms with Crippen molar-refractivity contribution in [1.29, 1.82) is 0 Å². The molecule has 0 radical (unpaired) electrons. The molecule has 0 atom stereocenters. The van der Waals surface area contributed by atoms with Crippen LogP contribution in [-0.4, -0.2) is 42.2 Å². The van der Waals surface area contributed by atoms with Crippen LogP contribution in [0.3, 0.4) is 0 Å². The van der Waals surface area contributed by atoms with Crippen LogP contribution in [0, 0.1) is 0 Å². The minimum Gasteiger partial charge on any atom is -0.492 e. The highest BCUT2D eigenvalue weighted by Crippen LogP contribution is 2.26. The van der Waals surface area contributed by atoms with Crippen LogP contribution in [0.1, 0.15) is 12.8 Å². The number of aromatic nitrogens is 2. The molecule has 1 aromatic heterocycles. The Balaban J connectivity index is 1.54. The molecule has 6 nitrogen and oxygen atoms in total. The standard InChI is InChI=1S/C17H24N4O2/c1-21-12-14(11-20-21)13-8-15(18)10-17(9-13)23-7-4-19-16-2-5-22-6-3-16/h8-12,16,19H,2-7,18H2,1H3. The molecule has 0 spiro atoms. The second-order valence-electron chi connectivity index (χ2n) is 5.88. The zero-order valence-electron chi connectivity index (χ0n) is 13.5. The molecule has 2 aromatic rings. The topological polar surface area (TPSA) is 74.3 Å². The molecule has 0 bridgehead atoms. The van der Waals surface area contributed by atoms with Crippen molar-refractivity contribution in [3.63, 3.8) is 0 Å². The van der Waals surface area contributed by atoms with Gasteiger partial charge in [-0.1, -0.05) is 0 Å². The lowest BCUT2D eigenvalue weighted by atomic mass is 10.1. The number of rotatable bonds is 6. The molecule has 6 heteroatoms. The van der Waals surface area contributed by atoms with Crippen molar-refractivity contribution in [2.24, 2.45) is 7.05 Å². The molecule has 3 N–H and O–H groups in total. The van der Waals surface area contributed by atoms with Crippen LogP contribution in [0.25, 0.3) is 11.1 Å². The maximum absolute atomic E-state index is 5.99. The zero-order chi connectivity index (χ0) is 16.1. The lowest BCUT2D eigenvalue weighted by molar-refractivity contribution is 0.0770. The Morgan fingerprint density at radius 3 is 2.87 bits per heavy atom. The first-order valence-electron chi connectivity index (χ1n) is 8.04. The van der Waals surface area contributed by atoms with Gasteiger partial charge in [-0.2, -0.15) is 5.10 Å². The first-order chi connectivity index (χ1) is 11.2. The van der Waals surface area contributed by atoms with Gasteiger partial charge in [0.1, 0.15) is 12.4 Å². The first kappa shape index (κ1) is 15.8. The van der Waals surface area contributed by atoms with E-state index in [-0.39, 0.29) is 0 Å². The molecule has 1 saturated heterocycles. The van der Waals surface area contributed by atoms with Crippen LogP contribution in [0.15, 0.2) is 30.6 Å². The SMILES string of the molecule is Cn1cc(-c2cc(N)cc(OCCNC3CCOCC3)c2)cn1. The highest BCUT2D eigenvalue weighted by Gasteiger charge is 2.12. The molecule has 1 aromatic carbocycles. The molecule has 1 aliphatic rings. The summed E-state index contributed by atoms with van der Waals surface area (Å²) in [5, 5.41) is 7.70. The van der Waals surface area contributed by atoms with E-state index in [0.717, 1.165) is 49.5 Å². The highest BCUT2D eigenvalue weighted by molar-refractivity contribution is 5.68. The largest absolute Gasteiger partial charge is 0.492 e. The van der Waals surface area contributed by atoms with Gasteiger partial charge < -0.3 is 20.5 Å². The molecule has 124 valence electrons. The van der Waals surface area contributed by atoms with Gasteiger partial charge in [0.2, 0.25) is 0 Å². The summed E-state index contributed by atoms with van der Waals surface area (Å²) < 4.78 is 13.0. The minimum absolute atomic E-state index is 0.541. The van der Waals surface area contributed by atoms with Gasteiger partial charge in [0.05, 0.1) is 6.20 Å². The Morgan fingerprint density at radius 2 is 2.13 bits per heavy atom. The number of anilines is 1. The van der Waals surface area contributed by atoms with Gasteiger partial charge in [0.15, 0.2) is 0 Å². The molecule has 2 heterocycles. The van der Waals surface area contributed by atoms with Crippen LogP contribution in [0.5, 0.6) is 5.75 Å². The van der Waals surface area contributed by atoms with Crippen LogP contribution >= 0.6 is 0 Å². The molecule has 0 unspecified atom stereocenters. The predicted molar refractivity (Wildman–Crippen MR) is 90.4 cm³/mol. The summed E-state index contributed by atoms with van der Waals surface area (Å²) in [7, 11) is 1.90. The minimum atomic E-state index is 0.541. The average molecular weight is 316 g/mol. The summed E-state index contributed by atoms with van der Waals surface area (Å²) >= 11 is 0. The molecular formula is C17H24N4O2. The number of nitrogen functional groups attached to an aromatic ring is 1. The zero-order valence-corrected chi connectivity index (χ0v) is 13.5. The quantitative estimate of drug-likeness (QED) is 0.628. The number of nitrogens with zero attached hydrogens (tertiary/aromatic N) is 2. The van der Waals surface area contributed by atoms with Crippen LogP contribution < -0.4 is 15.8 Å². The fraction of sp³-hybridized carbons (Fsp3) is 0.471. The molecular weight excluding hydrogens is 292 g/mol. The molecule has 1 fully saturated rings. The Morgan fingerprint density at radius 1 is 1.30 bits per heavy atom. The molecule has 23 heavy (non-hydrogen) atoms. The summed E-state index contributed by atoms with van der Waals surface area (Å²) in [6.45, 7) is 3.14. The van der Waals surface area contributed by atoms with E-state index in [1.807, 2.05) is 37.6 Å². The average Bonchev–Trinajstić information content (AvgIpc) is 2.99. The summed E-state index contributed by atoms with van der Waals surface area (Å²) in [5.74, 6) is 0.789. The smallest absolute Gasteiger partial charge is 0.122 e. The van der Waals surface area contributed by atoms with E-state index in [4.69, 9.17) is 15.2 Å². The highest BCUT2D eigenvalue weighted by atomic mass is 16.5. The van der Waals surface area contributed by atoms with Crippen molar-refractivity contribution in [2.45, 2.75) is 18.9 Å². The molecule has 0 saturated carbocycles. The van der Waals surface area contributed by atoms with E-state index in [2.05, 4.69) is 10.4 Å². The van der Waals surface area contributed by atoms with Crippen LogP contribution in [-0.2, 0) is 11.8 Å². The second kappa shape index (κ2) is 7.48. The second-order valence-corrected chi connectivity index (χ2v) is 5.88. The molecule has 0 amide bonds. The Kier molecular flexibility index (Phi) is 5.15. The first-order valence-corrected chi connectivity index (χ1v) is 8.04. The maximum Gasteiger partial charge on any atom is 0.122 e. The normalized spacial score (nSPS) is 15.7. The number of nitrogens with one attached hydrogen (secondary N) is 1. The third kappa shape index (κ3) is 4.46. The third-order valence-corrected chi connectivity index (χ3v) is 3.99. The van der Waals surface area contributed by atoms with Gasteiger partial charge in [0, 0.05) is 56.4 Å². The third-order valence-electron chi connectivity index (χ3n) is 3.99. The van der Waals surface area contributed by atoms with Crippen molar-refractivity contribution < 1.29 is 9.47 Å². The lowest BCUT2D eigenvalue weighted by Gasteiger charge is -2.23. The van der Waals surface area contributed by atoms with Crippen molar-refractivity contribution in [1.82, 2.24) is 15.1 Å². The van der Waals surface area contributed by atoms with Gasteiger partial charge in [-0.25, -0.2) is 0 Å². The number of hydrogen-bond acceptors (Lipinski definition) is 5. The van der Waals surface area contributed by atoms with Gasteiger partial charge in [-0.15, -0.1) is 0 Å². The van der Waals surface area contributed by atoms with Crippen LogP contribution in [0.4, 0.5) is 5.69 Å². The number of ether oxygens (including phenoxy) is 2. The van der Waals surface area contributed by atoms with E-state index in [1.165, 1.54) is 0 Å². The van der Waals surface area contributed by atoms with Crippen molar-refractivity contribution in [2.75, 3.05) is 32.1 Å². The summed E-state index contributed by atoms with van der Waals surface area (Å²) in [5.41, 5.74) is 8.73. The van der Waals surface area contributed by atoms with Crippen molar-refractivity contribution >= 4 is 5.69 Å². The van der Waals surface area contributed by atoms with E-state index < -0.39 is 0 Å². The Hall–Kier alpha value is -2.05. The molecule has 0 aliphatic carbocycles. The number of nitrogens with two attached hydrogens (primary N) is 1. The number of aryl methyl sites for hydroxylation is 1. The summed E-state index contributed by atoms with van der Waals surface area (Å²) in [6, 6.07) is 6.33. The van der Waals surface area contributed by atoms with Crippen molar-refractivity contribution in [3.05, 3.63) is 30.6 Å². The molecule has 1 aliphatic heterocycles. The van der Waals surface area contributed by atoms with Crippen LogP contribution in [0.2, 0.25) is 0 Å². The van der Waals surface area contributed by atoms with E-state index >= 15 is 0 Å². The Labute approximate surface area is 136 Å². The van der Waals surface area contributed by atoms with E-state index in [1.54, 1.807) is 4.68 Å². The monoisotopic (exact) mass is 316 g/mol. The van der Waals surface area contributed by atoms with E-state index in [0.29, 0.717) is 18.3 Å². The maximum atomic E-state index is 5.99. The van der Waals surface area contributed by atoms with E-state index in [9.17, 15) is 0 Å².